The standard InChI is InChI=1S/C28H32O5/c1-6-8-11-20-12-9-10-13-23(20)24-16-21-14-15-22(17-25(21)32-27(24)30)31-19(3)18-28(4,5)33-26(29)7-2/h7,9-10,12-17,19H,2,6,8,11,18H2,1,3-5H3. The van der Waals surface area contributed by atoms with E-state index in [9.17, 15) is 9.59 Å². The topological polar surface area (TPSA) is 65.7 Å². The average molecular weight is 449 g/mol. The van der Waals surface area contributed by atoms with Gasteiger partial charge in [-0.15, -0.1) is 0 Å². The van der Waals surface area contributed by atoms with Crippen LogP contribution in [0.15, 0.2) is 70.4 Å². The molecule has 0 bridgehead atoms. The molecule has 0 saturated heterocycles. The molecule has 2 aromatic carbocycles. The van der Waals surface area contributed by atoms with Crippen LogP contribution in [0.25, 0.3) is 22.1 Å². The Kier molecular flexibility index (Phi) is 7.75. The van der Waals surface area contributed by atoms with Crippen molar-refractivity contribution in [3.8, 4) is 16.9 Å². The maximum absolute atomic E-state index is 12.8. The zero-order valence-electron chi connectivity index (χ0n) is 19.9. The van der Waals surface area contributed by atoms with Gasteiger partial charge in [0.25, 0.3) is 0 Å². The van der Waals surface area contributed by atoms with E-state index in [1.54, 1.807) is 6.07 Å². The summed E-state index contributed by atoms with van der Waals surface area (Å²) in [5, 5.41) is 0.829. The van der Waals surface area contributed by atoms with Crippen LogP contribution in [0, 0.1) is 0 Å². The summed E-state index contributed by atoms with van der Waals surface area (Å²) in [5.74, 6) is 0.117. The fourth-order valence-corrected chi connectivity index (χ4v) is 4.04. The van der Waals surface area contributed by atoms with E-state index in [1.165, 1.54) is 0 Å². The second kappa shape index (κ2) is 10.5. The molecule has 1 unspecified atom stereocenters. The van der Waals surface area contributed by atoms with Crippen LogP contribution in [0.1, 0.15) is 52.5 Å². The summed E-state index contributed by atoms with van der Waals surface area (Å²) in [4.78, 5) is 24.4. The Morgan fingerprint density at radius 1 is 1.15 bits per heavy atom. The first kappa shape index (κ1) is 24.3. The molecule has 0 aliphatic rings. The molecule has 0 amide bonds. The first-order chi connectivity index (χ1) is 15.7. The summed E-state index contributed by atoms with van der Waals surface area (Å²) in [7, 11) is 0. The molecule has 0 N–H and O–H groups in total. The number of benzene rings is 2. The van der Waals surface area contributed by atoms with E-state index in [2.05, 4.69) is 19.6 Å². The average Bonchev–Trinajstić information content (AvgIpc) is 2.76. The van der Waals surface area contributed by atoms with Crippen molar-refractivity contribution in [3.63, 3.8) is 0 Å². The van der Waals surface area contributed by atoms with E-state index in [-0.39, 0.29) is 11.7 Å². The lowest BCUT2D eigenvalue weighted by Crippen LogP contribution is -2.33. The minimum atomic E-state index is -0.700. The third kappa shape index (κ3) is 6.35. The van der Waals surface area contributed by atoms with Crippen LogP contribution >= 0.6 is 0 Å². The van der Waals surface area contributed by atoms with Crippen LogP contribution in [-0.2, 0) is 16.0 Å². The molecule has 0 saturated carbocycles. The third-order valence-corrected chi connectivity index (χ3v) is 5.47. The van der Waals surface area contributed by atoms with Crippen LogP contribution in [0.2, 0.25) is 0 Å². The van der Waals surface area contributed by atoms with Gasteiger partial charge in [-0.05, 0) is 62.9 Å². The van der Waals surface area contributed by atoms with Gasteiger partial charge in [-0.1, -0.05) is 44.2 Å². The van der Waals surface area contributed by atoms with Crippen molar-refractivity contribution in [2.24, 2.45) is 0 Å². The highest BCUT2D eigenvalue weighted by Crippen LogP contribution is 2.28. The van der Waals surface area contributed by atoms with E-state index in [1.807, 2.05) is 57.2 Å². The lowest BCUT2D eigenvalue weighted by Gasteiger charge is -2.28. The number of unbranched alkanes of at least 4 members (excludes halogenated alkanes) is 1. The summed E-state index contributed by atoms with van der Waals surface area (Å²) in [5.41, 5.74) is 2.05. The van der Waals surface area contributed by atoms with Crippen LogP contribution in [0.5, 0.6) is 5.75 Å². The zero-order chi connectivity index (χ0) is 24.0. The number of carbonyl (C=O) groups excluding carboxylic acids is 1. The molecule has 0 aliphatic carbocycles. The molecule has 33 heavy (non-hydrogen) atoms. The molecule has 0 spiro atoms. The van der Waals surface area contributed by atoms with E-state index in [0.29, 0.717) is 23.3 Å². The predicted molar refractivity (Wildman–Crippen MR) is 132 cm³/mol. The number of esters is 1. The minimum absolute atomic E-state index is 0.230. The summed E-state index contributed by atoms with van der Waals surface area (Å²) in [6.45, 7) is 11.1. The van der Waals surface area contributed by atoms with Crippen molar-refractivity contribution in [3.05, 3.63) is 77.2 Å². The quantitative estimate of drug-likeness (QED) is 0.202. The van der Waals surface area contributed by atoms with E-state index < -0.39 is 11.6 Å². The molecule has 0 aliphatic heterocycles. The Morgan fingerprint density at radius 3 is 2.64 bits per heavy atom. The van der Waals surface area contributed by atoms with Crippen LogP contribution in [0.3, 0.4) is 0 Å². The molecule has 5 nitrogen and oxygen atoms in total. The predicted octanol–water partition coefficient (Wildman–Crippen LogP) is 6.47. The first-order valence-corrected chi connectivity index (χ1v) is 11.4. The summed E-state index contributed by atoms with van der Waals surface area (Å²) < 4.78 is 17.1. The molecule has 0 fully saturated rings. The van der Waals surface area contributed by atoms with Crippen LogP contribution < -0.4 is 10.4 Å². The Labute approximate surface area is 195 Å². The molecular weight excluding hydrogens is 416 g/mol. The van der Waals surface area contributed by atoms with Crippen LogP contribution in [0.4, 0.5) is 0 Å². The molecular formula is C28H32O5. The molecule has 0 radical (unpaired) electrons. The number of aryl methyl sites for hydroxylation is 1. The monoisotopic (exact) mass is 448 g/mol. The number of carbonyl (C=O) groups is 1. The normalized spacial score (nSPS) is 12.4. The van der Waals surface area contributed by atoms with Gasteiger partial charge in [0, 0.05) is 23.9 Å². The van der Waals surface area contributed by atoms with Crippen molar-refractivity contribution in [2.75, 3.05) is 0 Å². The van der Waals surface area contributed by atoms with E-state index in [4.69, 9.17) is 13.9 Å². The lowest BCUT2D eigenvalue weighted by molar-refractivity contribution is -0.152. The SMILES string of the molecule is C=CC(=O)OC(C)(C)CC(C)Oc1ccc2cc(-c3ccccc3CCCC)c(=O)oc2c1. The smallest absolute Gasteiger partial charge is 0.344 e. The number of hydrogen-bond donors (Lipinski definition) is 0. The van der Waals surface area contributed by atoms with Gasteiger partial charge in [-0.25, -0.2) is 9.59 Å². The van der Waals surface area contributed by atoms with Gasteiger partial charge in [-0.2, -0.15) is 0 Å². The van der Waals surface area contributed by atoms with Crippen molar-refractivity contribution in [2.45, 2.75) is 65.1 Å². The van der Waals surface area contributed by atoms with Crippen molar-refractivity contribution >= 4 is 16.9 Å². The first-order valence-electron chi connectivity index (χ1n) is 11.4. The zero-order valence-corrected chi connectivity index (χ0v) is 19.9. The fourth-order valence-electron chi connectivity index (χ4n) is 4.04. The highest BCUT2D eigenvalue weighted by molar-refractivity contribution is 5.83. The molecule has 174 valence electrons. The van der Waals surface area contributed by atoms with Gasteiger partial charge in [0.1, 0.15) is 16.9 Å². The highest BCUT2D eigenvalue weighted by Gasteiger charge is 2.25. The highest BCUT2D eigenvalue weighted by atomic mass is 16.6. The van der Waals surface area contributed by atoms with Gasteiger partial charge in [0.05, 0.1) is 11.7 Å². The number of ether oxygens (including phenoxy) is 2. The maximum atomic E-state index is 12.8. The Balaban J connectivity index is 1.82. The second-order valence-electron chi connectivity index (χ2n) is 8.93. The van der Waals surface area contributed by atoms with Gasteiger partial charge in [0.2, 0.25) is 0 Å². The summed E-state index contributed by atoms with van der Waals surface area (Å²) in [6.07, 6.45) is 4.49. The molecule has 1 aromatic heterocycles. The molecule has 3 aromatic rings. The third-order valence-electron chi connectivity index (χ3n) is 5.47. The van der Waals surface area contributed by atoms with Crippen LogP contribution in [-0.4, -0.2) is 17.7 Å². The fraction of sp³-hybridized carbons (Fsp3) is 0.357. The van der Waals surface area contributed by atoms with E-state index >= 15 is 0 Å². The van der Waals surface area contributed by atoms with Crippen molar-refractivity contribution in [1.29, 1.82) is 0 Å². The molecule has 3 rings (SSSR count). The largest absolute Gasteiger partial charge is 0.490 e. The Bertz CT molecular complexity index is 1190. The van der Waals surface area contributed by atoms with E-state index in [0.717, 1.165) is 41.9 Å². The Hall–Kier alpha value is -3.34. The van der Waals surface area contributed by atoms with Gasteiger partial charge >= 0.3 is 11.6 Å². The minimum Gasteiger partial charge on any atom is -0.490 e. The maximum Gasteiger partial charge on any atom is 0.344 e. The van der Waals surface area contributed by atoms with Crippen molar-refractivity contribution < 1.29 is 18.7 Å². The van der Waals surface area contributed by atoms with Gasteiger partial charge in [0.15, 0.2) is 0 Å². The lowest BCUT2D eigenvalue weighted by atomic mass is 9.96. The second-order valence-corrected chi connectivity index (χ2v) is 8.93. The number of rotatable bonds is 10. The van der Waals surface area contributed by atoms with Gasteiger partial charge in [-0.3, -0.25) is 0 Å². The molecule has 1 heterocycles. The summed E-state index contributed by atoms with van der Waals surface area (Å²) >= 11 is 0. The molecule has 1 atom stereocenters. The van der Waals surface area contributed by atoms with Gasteiger partial charge < -0.3 is 13.9 Å². The number of fused-ring (bicyclic) bond motifs is 1. The number of hydrogen-bond acceptors (Lipinski definition) is 5. The molecule has 5 heteroatoms. The van der Waals surface area contributed by atoms with Crippen molar-refractivity contribution in [1.82, 2.24) is 0 Å². The Morgan fingerprint density at radius 2 is 1.91 bits per heavy atom. The summed E-state index contributed by atoms with van der Waals surface area (Å²) in [6, 6.07) is 15.3.